The lowest BCUT2D eigenvalue weighted by molar-refractivity contribution is 0.0179. The maximum Gasteiger partial charge on any atom is 0.150 e. The predicted molar refractivity (Wildman–Crippen MR) is 70.8 cm³/mol. The summed E-state index contributed by atoms with van der Waals surface area (Å²) in [6.45, 7) is 2.67. The molecular weight excluding hydrogens is 267 g/mol. The predicted octanol–water partition coefficient (Wildman–Crippen LogP) is 1.70. The zero-order chi connectivity index (χ0) is 14.6. The minimum atomic E-state index is -0.503. The second-order valence-electron chi connectivity index (χ2n) is 3.90. The van der Waals surface area contributed by atoms with Crippen molar-refractivity contribution >= 4 is 6.29 Å². The van der Waals surface area contributed by atoms with Crippen LogP contribution in [0.15, 0.2) is 18.2 Å². The monoisotopic (exact) mass is 286 g/mol. The molecule has 0 aliphatic carbocycles. The molecule has 0 saturated carbocycles. The van der Waals surface area contributed by atoms with Crippen LogP contribution in [0.2, 0.25) is 0 Å². The molecule has 0 bridgehead atoms. The molecule has 1 aromatic carbocycles. The van der Waals surface area contributed by atoms with Gasteiger partial charge in [-0.2, -0.15) is 0 Å². The van der Waals surface area contributed by atoms with E-state index in [0.717, 1.165) is 6.07 Å². The van der Waals surface area contributed by atoms with E-state index >= 15 is 0 Å². The number of hydrogen-bond acceptors (Lipinski definition) is 5. The fraction of sp³-hybridized carbons (Fsp3) is 0.500. The van der Waals surface area contributed by atoms with Crippen molar-refractivity contribution in [3.8, 4) is 5.75 Å². The largest absolute Gasteiger partial charge is 0.491 e. The highest BCUT2D eigenvalue weighted by molar-refractivity contribution is 5.75. The molecule has 0 heterocycles. The minimum Gasteiger partial charge on any atom is -0.491 e. The van der Waals surface area contributed by atoms with Gasteiger partial charge < -0.3 is 18.9 Å². The van der Waals surface area contributed by atoms with Crippen molar-refractivity contribution in [1.82, 2.24) is 0 Å². The first kappa shape index (κ1) is 16.6. The molecule has 20 heavy (non-hydrogen) atoms. The normalized spacial score (nSPS) is 10.5. The molecule has 1 rings (SSSR count). The van der Waals surface area contributed by atoms with Crippen molar-refractivity contribution in [3.05, 3.63) is 29.6 Å². The van der Waals surface area contributed by atoms with Crippen molar-refractivity contribution in [2.45, 2.75) is 0 Å². The molecule has 6 heteroatoms. The Morgan fingerprint density at radius 1 is 1.00 bits per heavy atom. The van der Waals surface area contributed by atoms with Gasteiger partial charge in [-0.25, -0.2) is 4.39 Å². The third-order valence-electron chi connectivity index (χ3n) is 2.33. The third-order valence-corrected chi connectivity index (χ3v) is 2.33. The van der Waals surface area contributed by atoms with Crippen molar-refractivity contribution in [2.24, 2.45) is 0 Å². The van der Waals surface area contributed by atoms with Gasteiger partial charge in [0.15, 0.2) is 0 Å². The van der Waals surface area contributed by atoms with Crippen LogP contribution in [-0.2, 0) is 14.2 Å². The van der Waals surface area contributed by atoms with Crippen LogP contribution in [0, 0.1) is 5.82 Å². The van der Waals surface area contributed by atoms with E-state index in [1.54, 1.807) is 7.11 Å². The Morgan fingerprint density at radius 2 is 1.65 bits per heavy atom. The zero-order valence-electron chi connectivity index (χ0n) is 11.5. The highest BCUT2D eigenvalue weighted by Gasteiger charge is 2.01. The molecule has 5 nitrogen and oxygen atoms in total. The number of rotatable bonds is 11. The summed E-state index contributed by atoms with van der Waals surface area (Å²) in [6.07, 6.45) is 0.573. The van der Waals surface area contributed by atoms with E-state index in [9.17, 15) is 9.18 Å². The Kier molecular flexibility index (Phi) is 8.53. The fourth-order valence-electron chi connectivity index (χ4n) is 1.42. The fourth-order valence-corrected chi connectivity index (χ4v) is 1.42. The number of aldehydes is 1. The summed E-state index contributed by atoms with van der Waals surface area (Å²) in [4.78, 5) is 10.6. The molecule has 0 aliphatic rings. The summed E-state index contributed by atoms with van der Waals surface area (Å²) in [7, 11) is 1.61. The van der Waals surface area contributed by atoms with E-state index < -0.39 is 5.82 Å². The Labute approximate surface area is 117 Å². The number of carbonyl (C=O) groups excluding carboxylic acids is 1. The van der Waals surface area contributed by atoms with Crippen LogP contribution < -0.4 is 4.74 Å². The lowest BCUT2D eigenvalue weighted by Gasteiger charge is -2.08. The summed E-state index contributed by atoms with van der Waals surface area (Å²) < 4.78 is 33.7. The van der Waals surface area contributed by atoms with Crippen molar-refractivity contribution in [2.75, 3.05) is 46.8 Å². The van der Waals surface area contributed by atoms with Gasteiger partial charge in [0.05, 0.1) is 33.0 Å². The molecule has 0 saturated heterocycles. The lowest BCUT2D eigenvalue weighted by Crippen LogP contribution is -2.12. The molecule has 0 aromatic heterocycles. The average molecular weight is 286 g/mol. The first-order valence-electron chi connectivity index (χ1n) is 6.29. The molecule has 0 fully saturated rings. The van der Waals surface area contributed by atoms with Gasteiger partial charge in [0.1, 0.15) is 24.5 Å². The number of benzene rings is 1. The van der Waals surface area contributed by atoms with E-state index in [-0.39, 0.29) is 12.2 Å². The van der Waals surface area contributed by atoms with Crippen molar-refractivity contribution in [3.63, 3.8) is 0 Å². The first-order valence-corrected chi connectivity index (χ1v) is 6.29. The smallest absolute Gasteiger partial charge is 0.150 e. The summed E-state index contributed by atoms with van der Waals surface area (Å²) in [5.41, 5.74) is 0.243. The van der Waals surface area contributed by atoms with E-state index in [0.29, 0.717) is 45.1 Å². The topological polar surface area (TPSA) is 54.0 Å². The Balaban J connectivity index is 2.09. The molecule has 0 amide bonds. The molecule has 0 radical (unpaired) electrons. The van der Waals surface area contributed by atoms with Gasteiger partial charge in [-0.05, 0) is 12.1 Å². The third kappa shape index (κ3) is 7.18. The summed E-state index contributed by atoms with van der Waals surface area (Å²) in [5.74, 6) is -0.191. The molecule has 0 aliphatic heterocycles. The van der Waals surface area contributed by atoms with Crippen LogP contribution in [0.3, 0.4) is 0 Å². The summed E-state index contributed by atoms with van der Waals surface area (Å²) in [5, 5.41) is 0. The second kappa shape index (κ2) is 10.3. The number of carbonyl (C=O) groups is 1. The van der Waals surface area contributed by atoms with Crippen LogP contribution in [0.1, 0.15) is 10.4 Å². The molecule has 1 aromatic rings. The second-order valence-corrected chi connectivity index (χ2v) is 3.90. The van der Waals surface area contributed by atoms with Crippen LogP contribution in [0.25, 0.3) is 0 Å². The average Bonchev–Trinajstić information content (AvgIpc) is 2.45. The van der Waals surface area contributed by atoms with Gasteiger partial charge in [0, 0.05) is 18.7 Å². The number of halogens is 1. The lowest BCUT2D eigenvalue weighted by atomic mass is 10.2. The van der Waals surface area contributed by atoms with Crippen LogP contribution in [-0.4, -0.2) is 53.0 Å². The Morgan fingerprint density at radius 3 is 2.30 bits per heavy atom. The van der Waals surface area contributed by atoms with Gasteiger partial charge in [0.25, 0.3) is 0 Å². The van der Waals surface area contributed by atoms with E-state index in [1.165, 1.54) is 12.1 Å². The SMILES string of the molecule is COCCOCCOCCOc1cc(F)cc(C=O)c1. The van der Waals surface area contributed by atoms with E-state index in [4.69, 9.17) is 18.9 Å². The first-order chi connectivity index (χ1) is 9.76. The van der Waals surface area contributed by atoms with Gasteiger partial charge in [-0.15, -0.1) is 0 Å². The molecule has 112 valence electrons. The molecule has 0 atom stereocenters. The quantitative estimate of drug-likeness (QED) is 0.458. The molecule has 0 spiro atoms. The highest BCUT2D eigenvalue weighted by Crippen LogP contribution is 2.15. The number of methoxy groups -OCH3 is 1. The van der Waals surface area contributed by atoms with E-state index in [1.807, 2.05) is 0 Å². The van der Waals surface area contributed by atoms with Gasteiger partial charge in [-0.3, -0.25) is 4.79 Å². The standard InChI is InChI=1S/C14H19FO5/c1-17-2-3-18-4-5-19-6-7-20-14-9-12(11-16)8-13(15)10-14/h8-11H,2-7H2,1H3. The van der Waals surface area contributed by atoms with Gasteiger partial charge >= 0.3 is 0 Å². The van der Waals surface area contributed by atoms with Crippen LogP contribution in [0.5, 0.6) is 5.75 Å². The van der Waals surface area contributed by atoms with E-state index in [2.05, 4.69) is 0 Å². The highest BCUT2D eigenvalue weighted by atomic mass is 19.1. The summed E-state index contributed by atoms with van der Waals surface area (Å²) >= 11 is 0. The van der Waals surface area contributed by atoms with Gasteiger partial charge in [0.2, 0.25) is 0 Å². The zero-order valence-corrected chi connectivity index (χ0v) is 11.5. The molecule has 0 unspecified atom stereocenters. The Bertz CT molecular complexity index is 397. The number of hydrogen-bond donors (Lipinski definition) is 0. The maximum atomic E-state index is 13.1. The molecule has 0 N–H and O–H groups in total. The maximum absolute atomic E-state index is 13.1. The van der Waals surface area contributed by atoms with Gasteiger partial charge in [-0.1, -0.05) is 0 Å². The minimum absolute atomic E-state index is 0.243. The van der Waals surface area contributed by atoms with Crippen LogP contribution in [0.4, 0.5) is 4.39 Å². The Hall–Kier alpha value is -1.50. The van der Waals surface area contributed by atoms with Crippen molar-refractivity contribution in [1.29, 1.82) is 0 Å². The molecular formula is C14H19FO5. The van der Waals surface area contributed by atoms with Crippen molar-refractivity contribution < 1.29 is 28.1 Å². The number of ether oxygens (including phenoxy) is 4. The summed E-state index contributed by atoms with van der Waals surface area (Å²) in [6, 6.07) is 3.85. The van der Waals surface area contributed by atoms with Crippen LogP contribution >= 0.6 is 0 Å².